The highest BCUT2D eigenvalue weighted by atomic mass is 35.5. The minimum absolute atomic E-state index is 0.0654. The van der Waals surface area contributed by atoms with Gasteiger partial charge >= 0.3 is 12.2 Å². The number of nitrogens with one attached hydrogen (secondary N) is 1. The molecule has 0 aliphatic heterocycles. The van der Waals surface area contributed by atoms with Crippen molar-refractivity contribution in [2.24, 2.45) is 0 Å². The number of pyridine rings is 2. The lowest BCUT2D eigenvalue weighted by Gasteiger charge is -2.23. The van der Waals surface area contributed by atoms with Crippen molar-refractivity contribution in [3.8, 4) is 5.69 Å². The van der Waals surface area contributed by atoms with Crippen LogP contribution in [-0.2, 0) is 19.3 Å². The van der Waals surface area contributed by atoms with Crippen molar-refractivity contribution in [1.82, 2.24) is 24.6 Å². The van der Waals surface area contributed by atoms with Crippen LogP contribution in [0.25, 0.3) is 5.69 Å². The standard InChI is InChI=1S/C23H18ClF3N6O/c24-16-7-9-19(10-8-16)33-21(23(25,26)27)20(13-30-33)31-22(34)32(14-17-5-1-3-11-28-17)15-18-6-2-4-12-29-18/h1-13H,14-15H2,(H,31,34). The average molecular weight is 487 g/mol. The first-order chi connectivity index (χ1) is 16.3. The van der Waals surface area contributed by atoms with Crippen LogP contribution in [0.2, 0.25) is 5.02 Å². The number of aromatic nitrogens is 4. The van der Waals surface area contributed by atoms with Gasteiger partial charge in [0.25, 0.3) is 0 Å². The van der Waals surface area contributed by atoms with Gasteiger partial charge in [-0.25, -0.2) is 9.48 Å². The Hall–Kier alpha value is -3.92. The topological polar surface area (TPSA) is 75.9 Å². The number of hydrogen-bond donors (Lipinski definition) is 1. The van der Waals surface area contributed by atoms with Crippen molar-refractivity contribution < 1.29 is 18.0 Å². The van der Waals surface area contributed by atoms with E-state index in [0.717, 1.165) is 6.20 Å². The molecule has 11 heteroatoms. The zero-order valence-corrected chi connectivity index (χ0v) is 18.3. The summed E-state index contributed by atoms with van der Waals surface area (Å²) >= 11 is 5.85. The van der Waals surface area contributed by atoms with Crippen LogP contribution in [0.5, 0.6) is 0 Å². The molecule has 3 aromatic heterocycles. The van der Waals surface area contributed by atoms with E-state index in [9.17, 15) is 18.0 Å². The third-order valence-electron chi connectivity index (χ3n) is 4.80. The average Bonchev–Trinajstić information content (AvgIpc) is 3.24. The molecule has 0 spiro atoms. The van der Waals surface area contributed by atoms with Crippen molar-refractivity contribution in [1.29, 1.82) is 0 Å². The van der Waals surface area contributed by atoms with Gasteiger partial charge in [0.2, 0.25) is 0 Å². The van der Waals surface area contributed by atoms with E-state index in [1.165, 1.54) is 29.2 Å². The lowest BCUT2D eigenvalue weighted by molar-refractivity contribution is -0.142. The Morgan fingerprint density at radius 2 is 1.53 bits per heavy atom. The Bertz CT molecular complexity index is 1210. The zero-order valence-electron chi connectivity index (χ0n) is 17.6. The molecule has 4 rings (SSSR count). The molecular formula is C23H18ClF3N6O. The van der Waals surface area contributed by atoms with E-state index in [-0.39, 0.29) is 18.8 Å². The molecule has 0 unspecified atom stereocenters. The van der Waals surface area contributed by atoms with Crippen LogP contribution in [0.3, 0.4) is 0 Å². The summed E-state index contributed by atoms with van der Waals surface area (Å²) < 4.78 is 42.7. The number of carbonyl (C=O) groups excluding carboxylic acids is 1. The molecule has 3 heterocycles. The van der Waals surface area contributed by atoms with Gasteiger partial charge in [0.1, 0.15) is 0 Å². The summed E-state index contributed by atoms with van der Waals surface area (Å²) in [5.41, 5.74) is -0.294. The molecule has 0 aliphatic carbocycles. The number of nitrogens with zero attached hydrogens (tertiary/aromatic N) is 5. The molecule has 0 saturated heterocycles. The van der Waals surface area contributed by atoms with E-state index in [1.54, 1.807) is 48.8 Å². The lowest BCUT2D eigenvalue weighted by Crippen LogP contribution is -2.35. The SMILES string of the molecule is O=C(Nc1cnn(-c2ccc(Cl)cc2)c1C(F)(F)F)N(Cc1ccccn1)Cc1ccccn1. The normalized spacial score (nSPS) is 11.3. The van der Waals surface area contributed by atoms with E-state index >= 15 is 0 Å². The van der Waals surface area contributed by atoms with E-state index in [4.69, 9.17) is 11.6 Å². The van der Waals surface area contributed by atoms with Crippen LogP contribution < -0.4 is 5.32 Å². The number of carbonyl (C=O) groups is 1. The zero-order chi connectivity index (χ0) is 24.1. The molecule has 2 amide bonds. The highest BCUT2D eigenvalue weighted by molar-refractivity contribution is 6.30. The fourth-order valence-electron chi connectivity index (χ4n) is 3.26. The van der Waals surface area contributed by atoms with Crippen molar-refractivity contribution in [3.05, 3.63) is 101 Å². The number of benzene rings is 1. The summed E-state index contributed by atoms with van der Waals surface area (Å²) in [6.45, 7) is 0.131. The van der Waals surface area contributed by atoms with Gasteiger partial charge in [-0.1, -0.05) is 23.7 Å². The first-order valence-corrected chi connectivity index (χ1v) is 10.5. The van der Waals surface area contributed by atoms with E-state index in [0.29, 0.717) is 21.1 Å². The molecule has 0 atom stereocenters. The Kier molecular flexibility index (Phi) is 6.78. The number of rotatable bonds is 6. The third kappa shape index (κ3) is 5.52. The van der Waals surface area contributed by atoms with Gasteiger partial charge in [-0.15, -0.1) is 0 Å². The van der Waals surface area contributed by atoms with Crippen LogP contribution in [0.1, 0.15) is 17.1 Å². The maximum absolute atomic E-state index is 14.0. The minimum atomic E-state index is -4.79. The summed E-state index contributed by atoms with van der Waals surface area (Å²) in [7, 11) is 0. The fourth-order valence-corrected chi connectivity index (χ4v) is 3.38. The van der Waals surface area contributed by atoms with Crippen LogP contribution in [0.4, 0.5) is 23.7 Å². The fraction of sp³-hybridized carbons (Fsp3) is 0.130. The van der Waals surface area contributed by atoms with Gasteiger partial charge < -0.3 is 10.2 Å². The van der Waals surface area contributed by atoms with Crippen molar-refractivity contribution in [2.45, 2.75) is 19.3 Å². The number of amides is 2. The van der Waals surface area contributed by atoms with Crippen LogP contribution in [0.15, 0.2) is 79.3 Å². The third-order valence-corrected chi connectivity index (χ3v) is 5.05. The summed E-state index contributed by atoms with van der Waals surface area (Å²) in [4.78, 5) is 22.9. The lowest BCUT2D eigenvalue weighted by atomic mass is 10.3. The smallest absolute Gasteiger partial charge is 0.313 e. The van der Waals surface area contributed by atoms with Crippen LogP contribution >= 0.6 is 11.6 Å². The van der Waals surface area contributed by atoms with E-state index in [1.807, 2.05) is 0 Å². The van der Waals surface area contributed by atoms with E-state index in [2.05, 4.69) is 20.4 Å². The molecule has 174 valence electrons. The number of urea groups is 1. The minimum Gasteiger partial charge on any atom is -0.313 e. The highest BCUT2D eigenvalue weighted by Crippen LogP contribution is 2.36. The quantitative estimate of drug-likeness (QED) is 0.386. The molecule has 0 aliphatic rings. The van der Waals surface area contributed by atoms with Gasteiger partial charge in [0.15, 0.2) is 5.69 Å². The van der Waals surface area contributed by atoms with Crippen LogP contribution in [0, 0.1) is 0 Å². The molecule has 0 saturated carbocycles. The van der Waals surface area contributed by atoms with Gasteiger partial charge in [-0.05, 0) is 48.5 Å². The predicted molar refractivity (Wildman–Crippen MR) is 120 cm³/mol. The second-order valence-electron chi connectivity index (χ2n) is 7.22. The number of anilines is 1. The Morgan fingerprint density at radius 1 is 0.941 bits per heavy atom. The molecule has 0 fully saturated rings. The van der Waals surface area contributed by atoms with Gasteiger partial charge in [0.05, 0.1) is 42.0 Å². The second kappa shape index (κ2) is 9.92. The van der Waals surface area contributed by atoms with E-state index < -0.39 is 23.6 Å². The molecule has 0 bridgehead atoms. The maximum atomic E-state index is 14.0. The molecule has 7 nitrogen and oxygen atoms in total. The van der Waals surface area contributed by atoms with Crippen LogP contribution in [-0.4, -0.2) is 30.7 Å². The molecule has 34 heavy (non-hydrogen) atoms. The molecule has 0 radical (unpaired) electrons. The van der Waals surface area contributed by atoms with Gasteiger partial charge in [0, 0.05) is 17.4 Å². The van der Waals surface area contributed by atoms with Gasteiger partial charge in [-0.2, -0.15) is 18.3 Å². The van der Waals surface area contributed by atoms with Crippen molar-refractivity contribution in [3.63, 3.8) is 0 Å². The first kappa shape index (κ1) is 23.2. The first-order valence-electron chi connectivity index (χ1n) is 10.1. The largest absolute Gasteiger partial charge is 0.435 e. The summed E-state index contributed by atoms with van der Waals surface area (Å²) in [5, 5.41) is 6.59. The predicted octanol–water partition coefficient (Wildman–Crippen LogP) is 5.57. The number of hydrogen-bond acceptors (Lipinski definition) is 4. The molecule has 1 aromatic carbocycles. The Balaban J connectivity index is 1.64. The molecular weight excluding hydrogens is 469 g/mol. The highest BCUT2D eigenvalue weighted by Gasteiger charge is 2.39. The molecule has 4 aromatic rings. The summed E-state index contributed by atoms with van der Waals surface area (Å²) in [6.07, 6.45) is -0.672. The summed E-state index contributed by atoms with van der Waals surface area (Å²) in [6, 6.07) is 15.4. The summed E-state index contributed by atoms with van der Waals surface area (Å²) in [5.74, 6) is 0. The monoisotopic (exact) mass is 486 g/mol. The Morgan fingerprint density at radius 3 is 2.03 bits per heavy atom. The number of alkyl halides is 3. The number of halogens is 4. The van der Waals surface area contributed by atoms with Crippen molar-refractivity contribution in [2.75, 3.05) is 5.32 Å². The van der Waals surface area contributed by atoms with Crippen molar-refractivity contribution >= 4 is 23.3 Å². The Labute approximate surface area is 197 Å². The second-order valence-corrected chi connectivity index (χ2v) is 7.66. The maximum Gasteiger partial charge on any atom is 0.435 e. The molecule has 1 N–H and O–H groups in total. The van der Waals surface area contributed by atoms with Gasteiger partial charge in [-0.3, -0.25) is 9.97 Å².